The van der Waals surface area contributed by atoms with Gasteiger partial charge in [-0.25, -0.2) is 9.98 Å². The molecule has 0 spiro atoms. The number of rotatable bonds is 3. The monoisotopic (exact) mass is 381 g/mol. The predicted octanol–water partition coefficient (Wildman–Crippen LogP) is 3.09. The van der Waals surface area contributed by atoms with Crippen molar-refractivity contribution in [1.29, 1.82) is 0 Å². The molecule has 0 bridgehead atoms. The molecule has 0 fully saturated rings. The molecule has 116 valence electrons. The Balaban J connectivity index is 1.99. The minimum absolute atomic E-state index is 0.606. The molecule has 0 saturated heterocycles. The summed E-state index contributed by atoms with van der Waals surface area (Å²) in [5.41, 5.74) is 1.85. The maximum atomic E-state index is 10.2. The second-order valence-electron chi connectivity index (χ2n) is 5.16. The van der Waals surface area contributed by atoms with Crippen LogP contribution in [0, 0.1) is 0 Å². The van der Waals surface area contributed by atoms with Crippen LogP contribution in [-0.2, 0) is 6.42 Å². The molecule has 0 radical (unpaired) electrons. The predicted molar refractivity (Wildman–Crippen MR) is 91.6 cm³/mol. The van der Waals surface area contributed by atoms with Gasteiger partial charge in [0.2, 0.25) is 0 Å². The van der Waals surface area contributed by atoms with Crippen LogP contribution in [0.15, 0.2) is 27.7 Å². The van der Waals surface area contributed by atoms with Crippen molar-refractivity contribution in [2.24, 2.45) is 4.99 Å². The van der Waals surface area contributed by atoms with Gasteiger partial charge in [0.15, 0.2) is 6.23 Å². The third kappa shape index (κ3) is 3.16. The molecule has 1 aromatic carbocycles. The summed E-state index contributed by atoms with van der Waals surface area (Å²) in [6.07, 6.45) is 1.44. The van der Waals surface area contributed by atoms with Gasteiger partial charge >= 0.3 is 0 Å². The Bertz CT molecular complexity index is 715. The van der Waals surface area contributed by atoms with Crippen LogP contribution in [0.1, 0.15) is 16.1 Å². The molecule has 3 rings (SSSR count). The topological polar surface area (TPSA) is 58.0 Å². The molecule has 0 unspecified atom stereocenters. The van der Waals surface area contributed by atoms with Gasteiger partial charge in [-0.1, -0.05) is 15.9 Å². The lowest BCUT2D eigenvalue weighted by molar-refractivity contribution is 0.187. The largest absolute Gasteiger partial charge is 0.492 e. The number of thiazole rings is 1. The summed E-state index contributed by atoms with van der Waals surface area (Å²) in [4.78, 5) is 11.6. The number of ether oxygens (including phenoxy) is 1. The maximum absolute atomic E-state index is 10.2. The molecule has 2 heterocycles. The van der Waals surface area contributed by atoms with Crippen LogP contribution in [0.5, 0.6) is 5.75 Å². The van der Waals surface area contributed by atoms with Gasteiger partial charge in [0.1, 0.15) is 10.8 Å². The molecular formula is C15H16BrN3O2S. The standard InChI is InChI=1S/C15H16BrN3O2S/c1-19(2)8-17-14(20)15-18-13-10-4-3-9(16)7-11(10)21-6-5-12(13)22-15/h3-4,7-8,14,20H,5-6H2,1-2H3/t14-/m0/s1. The van der Waals surface area contributed by atoms with Crippen molar-refractivity contribution in [2.75, 3.05) is 20.7 Å². The maximum Gasteiger partial charge on any atom is 0.199 e. The molecule has 1 aromatic heterocycles. The highest BCUT2D eigenvalue weighted by Crippen LogP contribution is 2.40. The van der Waals surface area contributed by atoms with Gasteiger partial charge in [-0.05, 0) is 18.2 Å². The molecule has 0 amide bonds. The van der Waals surface area contributed by atoms with Gasteiger partial charge in [0, 0.05) is 35.4 Å². The van der Waals surface area contributed by atoms with Crippen LogP contribution < -0.4 is 4.74 Å². The van der Waals surface area contributed by atoms with Crippen LogP contribution in [0.3, 0.4) is 0 Å². The number of aliphatic hydroxyl groups is 1. The minimum Gasteiger partial charge on any atom is -0.492 e. The van der Waals surface area contributed by atoms with Crippen LogP contribution in [0.2, 0.25) is 0 Å². The van der Waals surface area contributed by atoms with E-state index in [1.54, 1.807) is 11.2 Å². The molecule has 1 aliphatic heterocycles. The number of fused-ring (bicyclic) bond motifs is 3. The lowest BCUT2D eigenvalue weighted by Crippen LogP contribution is -2.09. The van der Waals surface area contributed by atoms with E-state index < -0.39 is 6.23 Å². The highest BCUT2D eigenvalue weighted by Gasteiger charge is 2.22. The quantitative estimate of drug-likeness (QED) is 0.655. The SMILES string of the molecule is CN(C)C=N[C@@H](O)c1nc2c(s1)CCOc1cc(Br)ccc1-2. The Labute approximate surface area is 141 Å². The molecule has 5 nitrogen and oxygen atoms in total. The first-order valence-corrected chi connectivity index (χ1v) is 8.45. The minimum atomic E-state index is -0.931. The number of aromatic nitrogens is 1. The zero-order valence-electron chi connectivity index (χ0n) is 12.3. The van der Waals surface area contributed by atoms with Gasteiger partial charge in [-0.15, -0.1) is 11.3 Å². The van der Waals surface area contributed by atoms with Gasteiger partial charge < -0.3 is 14.7 Å². The summed E-state index contributed by atoms with van der Waals surface area (Å²) in [7, 11) is 3.72. The highest BCUT2D eigenvalue weighted by molar-refractivity contribution is 9.10. The Morgan fingerprint density at radius 3 is 3.09 bits per heavy atom. The number of aliphatic hydroxyl groups excluding tert-OH is 1. The average molecular weight is 382 g/mol. The van der Waals surface area contributed by atoms with Crippen LogP contribution in [-0.4, -0.2) is 42.0 Å². The first-order chi connectivity index (χ1) is 10.5. The second kappa shape index (κ2) is 6.36. The first-order valence-electron chi connectivity index (χ1n) is 6.84. The summed E-state index contributed by atoms with van der Waals surface area (Å²) in [6.45, 7) is 0.606. The van der Waals surface area contributed by atoms with Gasteiger partial charge in [-0.2, -0.15) is 0 Å². The molecule has 1 aliphatic rings. The molecule has 0 saturated carbocycles. The van der Waals surface area contributed by atoms with Crippen LogP contribution in [0.25, 0.3) is 11.3 Å². The molecular weight excluding hydrogens is 366 g/mol. The summed E-state index contributed by atoms with van der Waals surface area (Å²) >= 11 is 4.95. The molecule has 7 heteroatoms. The average Bonchev–Trinajstić information content (AvgIpc) is 2.82. The molecule has 1 N–H and O–H groups in total. The molecule has 1 atom stereocenters. The van der Waals surface area contributed by atoms with Gasteiger partial charge in [-0.3, -0.25) is 0 Å². The smallest absolute Gasteiger partial charge is 0.199 e. The number of nitrogens with zero attached hydrogens (tertiary/aromatic N) is 3. The van der Waals surface area contributed by atoms with E-state index in [1.807, 2.05) is 32.3 Å². The molecule has 22 heavy (non-hydrogen) atoms. The Hall–Kier alpha value is -1.44. The number of benzene rings is 1. The van der Waals surface area contributed by atoms with Gasteiger partial charge in [0.25, 0.3) is 0 Å². The van der Waals surface area contributed by atoms with E-state index in [0.29, 0.717) is 11.6 Å². The van der Waals surface area contributed by atoms with Gasteiger partial charge in [0.05, 0.1) is 18.6 Å². The fourth-order valence-corrected chi connectivity index (χ4v) is 3.52. The van der Waals surface area contributed by atoms with Crippen molar-refractivity contribution < 1.29 is 9.84 Å². The van der Waals surface area contributed by atoms with E-state index in [9.17, 15) is 5.11 Å². The van der Waals surface area contributed by atoms with E-state index in [0.717, 1.165) is 32.8 Å². The van der Waals surface area contributed by atoms with Crippen molar-refractivity contribution in [3.8, 4) is 17.0 Å². The first kappa shape index (κ1) is 15.5. The van der Waals surface area contributed by atoms with Crippen molar-refractivity contribution >= 4 is 33.6 Å². The van der Waals surface area contributed by atoms with Crippen LogP contribution in [0.4, 0.5) is 0 Å². The van der Waals surface area contributed by atoms with Crippen molar-refractivity contribution in [3.63, 3.8) is 0 Å². The summed E-state index contributed by atoms with van der Waals surface area (Å²) in [5, 5.41) is 10.8. The number of halogens is 1. The van der Waals surface area contributed by atoms with E-state index in [1.165, 1.54) is 11.3 Å². The number of hydrogen-bond donors (Lipinski definition) is 1. The second-order valence-corrected chi connectivity index (χ2v) is 7.20. The zero-order valence-corrected chi connectivity index (χ0v) is 14.7. The zero-order chi connectivity index (χ0) is 15.7. The summed E-state index contributed by atoms with van der Waals surface area (Å²) in [6, 6.07) is 5.91. The summed E-state index contributed by atoms with van der Waals surface area (Å²) in [5.74, 6) is 0.816. The molecule has 2 aromatic rings. The van der Waals surface area contributed by atoms with E-state index in [4.69, 9.17) is 4.74 Å². The third-order valence-electron chi connectivity index (χ3n) is 3.16. The van der Waals surface area contributed by atoms with Crippen molar-refractivity contribution in [3.05, 3.63) is 32.6 Å². The highest BCUT2D eigenvalue weighted by atomic mass is 79.9. The lowest BCUT2D eigenvalue weighted by atomic mass is 10.1. The van der Waals surface area contributed by atoms with Crippen molar-refractivity contribution in [2.45, 2.75) is 12.6 Å². The van der Waals surface area contributed by atoms with E-state index in [-0.39, 0.29) is 0 Å². The number of aliphatic imine (C=N–C) groups is 1. The fraction of sp³-hybridized carbons (Fsp3) is 0.333. The fourth-order valence-electron chi connectivity index (χ4n) is 2.19. The number of hydrogen-bond acceptors (Lipinski definition) is 5. The Morgan fingerprint density at radius 1 is 1.50 bits per heavy atom. The molecule has 0 aliphatic carbocycles. The van der Waals surface area contributed by atoms with Crippen LogP contribution >= 0.6 is 27.3 Å². The van der Waals surface area contributed by atoms with Crippen molar-refractivity contribution in [1.82, 2.24) is 9.88 Å². The van der Waals surface area contributed by atoms with E-state index >= 15 is 0 Å². The Kier molecular flexibility index (Phi) is 4.46. The Morgan fingerprint density at radius 2 is 2.32 bits per heavy atom. The summed E-state index contributed by atoms with van der Waals surface area (Å²) < 4.78 is 6.76. The lowest BCUT2D eigenvalue weighted by Gasteiger charge is -2.07. The normalized spacial score (nSPS) is 14.9. The third-order valence-corrected chi connectivity index (χ3v) is 4.81. The van der Waals surface area contributed by atoms with E-state index in [2.05, 4.69) is 25.9 Å².